The Labute approximate surface area is 131 Å². The van der Waals surface area contributed by atoms with Crippen LogP contribution in [0.1, 0.15) is 38.2 Å². The van der Waals surface area contributed by atoms with E-state index in [-0.39, 0.29) is 18.6 Å². The van der Waals surface area contributed by atoms with Gasteiger partial charge >= 0.3 is 5.97 Å². The normalized spacial score (nSPS) is 26.0. The van der Waals surface area contributed by atoms with Gasteiger partial charge in [0.2, 0.25) is 0 Å². The molecule has 1 aromatic carbocycles. The molecule has 1 aliphatic rings. The lowest BCUT2D eigenvalue weighted by molar-refractivity contribution is -0.147. The highest BCUT2D eigenvalue weighted by atomic mass is 16.5. The molecule has 1 aromatic rings. The summed E-state index contributed by atoms with van der Waals surface area (Å²) in [5, 5.41) is 13.6. The van der Waals surface area contributed by atoms with Crippen molar-refractivity contribution in [3.05, 3.63) is 35.9 Å². The fourth-order valence-electron chi connectivity index (χ4n) is 2.77. The molecule has 3 atom stereocenters. The van der Waals surface area contributed by atoms with Crippen molar-refractivity contribution in [3.63, 3.8) is 0 Å². The number of nitrogens with one attached hydrogen (secondary N) is 1. The molecule has 2 N–H and O–H groups in total. The van der Waals surface area contributed by atoms with Crippen molar-refractivity contribution in [2.75, 3.05) is 0 Å². The molecule has 0 aromatic heterocycles. The van der Waals surface area contributed by atoms with Gasteiger partial charge in [-0.15, -0.1) is 6.42 Å². The van der Waals surface area contributed by atoms with Gasteiger partial charge in [0.15, 0.2) is 0 Å². The van der Waals surface area contributed by atoms with Crippen LogP contribution in [-0.2, 0) is 16.1 Å². The average molecular weight is 301 g/mol. The molecule has 0 heterocycles. The van der Waals surface area contributed by atoms with Crippen LogP contribution in [0.3, 0.4) is 0 Å². The van der Waals surface area contributed by atoms with Gasteiger partial charge in [-0.1, -0.05) is 42.7 Å². The molecule has 22 heavy (non-hydrogen) atoms. The van der Waals surface area contributed by atoms with Gasteiger partial charge in [0.1, 0.15) is 18.2 Å². The van der Waals surface area contributed by atoms with Crippen molar-refractivity contribution in [1.29, 1.82) is 0 Å². The molecule has 1 aliphatic carbocycles. The number of rotatable bonds is 5. The van der Waals surface area contributed by atoms with E-state index in [4.69, 9.17) is 11.2 Å². The molecule has 1 saturated carbocycles. The van der Waals surface area contributed by atoms with Crippen LogP contribution in [0.2, 0.25) is 0 Å². The Hall–Kier alpha value is -1.83. The molecule has 1 fully saturated rings. The van der Waals surface area contributed by atoms with E-state index in [9.17, 15) is 9.90 Å². The lowest BCUT2D eigenvalue weighted by Gasteiger charge is -2.37. The summed E-state index contributed by atoms with van der Waals surface area (Å²) in [6.07, 6.45) is 8.68. The van der Waals surface area contributed by atoms with E-state index in [0.29, 0.717) is 6.42 Å². The van der Waals surface area contributed by atoms with Gasteiger partial charge in [-0.2, -0.15) is 0 Å². The summed E-state index contributed by atoms with van der Waals surface area (Å²) in [6.45, 7) is 1.98. The van der Waals surface area contributed by atoms with Crippen LogP contribution < -0.4 is 5.32 Å². The Balaban J connectivity index is 1.87. The quantitative estimate of drug-likeness (QED) is 0.645. The van der Waals surface area contributed by atoms with Gasteiger partial charge < -0.3 is 9.84 Å². The van der Waals surface area contributed by atoms with Crippen molar-refractivity contribution in [2.24, 2.45) is 0 Å². The van der Waals surface area contributed by atoms with Crippen LogP contribution in [-0.4, -0.2) is 28.8 Å². The maximum Gasteiger partial charge on any atom is 0.323 e. The second-order valence-corrected chi connectivity index (χ2v) is 5.85. The minimum Gasteiger partial charge on any atom is -0.460 e. The molecule has 0 aliphatic heterocycles. The fourth-order valence-corrected chi connectivity index (χ4v) is 2.77. The SMILES string of the molecule is C#C[C@@]1(O)CCCC[C@@H]1N[C@H](C)C(=O)OCc1ccccc1. The van der Waals surface area contributed by atoms with Crippen molar-refractivity contribution < 1.29 is 14.6 Å². The van der Waals surface area contributed by atoms with Gasteiger partial charge in [-0.05, 0) is 31.7 Å². The number of aliphatic hydroxyl groups is 1. The Morgan fingerprint density at radius 3 is 2.91 bits per heavy atom. The third-order valence-electron chi connectivity index (χ3n) is 4.16. The molecule has 0 unspecified atom stereocenters. The summed E-state index contributed by atoms with van der Waals surface area (Å²) >= 11 is 0. The minimum atomic E-state index is -1.17. The van der Waals surface area contributed by atoms with Crippen LogP contribution >= 0.6 is 0 Å². The number of terminal acetylenes is 1. The summed E-state index contributed by atoms with van der Waals surface area (Å²) < 4.78 is 5.30. The standard InChI is InChI=1S/C18H23NO3/c1-3-18(21)12-8-7-11-16(18)19-14(2)17(20)22-13-15-9-5-4-6-10-15/h1,4-6,9-10,14,16,19,21H,7-8,11-13H2,2H3/t14-,16+,18-/m1/s1. The molecule has 0 spiro atoms. The Morgan fingerprint density at radius 2 is 2.23 bits per heavy atom. The second-order valence-electron chi connectivity index (χ2n) is 5.85. The Kier molecular flexibility index (Phi) is 5.59. The highest BCUT2D eigenvalue weighted by molar-refractivity contribution is 5.75. The van der Waals surface area contributed by atoms with E-state index in [1.807, 2.05) is 30.3 Å². The molecule has 0 bridgehead atoms. The number of benzene rings is 1. The minimum absolute atomic E-state index is 0.246. The molecule has 4 heteroatoms. The summed E-state index contributed by atoms with van der Waals surface area (Å²) in [7, 11) is 0. The van der Waals surface area contributed by atoms with Crippen molar-refractivity contribution in [2.45, 2.75) is 56.9 Å². The highest BCUT2D eigenvalue weighted by Crippen LogP contribution is 2.28. The van der Waals surface area contributed by atoms with Crippen molar-refractivity contribution in [3.8, 4) is 12.3 Å². The third kappa shape index (κ3) is 4.09. The number of esters is 1. The maximum absolute atomic E-state index is 12.1. The molecule has 118 valence electrons. The van der Waals surface area contributed by atoms with Gasteiger partial charge in [0.05, 0.1) is 0 Å². The molecule has 0 saturated heterocycles. The first-order chi connectivity index (χ1) is 10.5. The van der Waals surface area contributed by atoms with Crippen LogP contribution in [0.4, 0.5) is 0 Å². The van der Waals surface area contributed by atoms with Crippen LogP contribution in [0, 0.1) is 12.3 Å². The second kappa shape index (κ2) is 7.44. The Morgan fingerprint density at radius 1 is 1.50 bits per heavy atom. The summed E-state index contributed by atoms with van der Waals surface area (Å²) in [4.78, 5) is 12.1. The van der Waals surface area contributed by atoms with Gasteiger partial charge in [-0.3, -0.25) is 10.1 Å². The largest absolute Gasteiger partial charge is 0.460 e. The molecule has 0 amide bonds. The zero-order chi connectivity index (χ0) is 16.0. The first-order valence-corrected chi connectivity index (χ1v) is 7.72. The van der Waals surface area contributed by atoms with E-state index >= 15 is 0 Å². The Bertz CT molecular complexity index is 537. The van der Waals surface area contributed by atoms with Gasteiger partial charge in [0, 0.05) is 6.04 Å². The highest BCUT2D eigenvalue weighted by Gasteiger charge is 2.38. The zero-order valence-corrected chi connectivity index (χ0v) is 12.9. The summed E-state index contributed by atoms with van der Waals surface area (Å²) in [5.74, 6) is 2.13. The van der Waals surface area contributed by atoms with E-state index < -0.39 is 11.6 Å². The molecule has 4 nitrogen and oxygen atoms in total. The topological polar surface area (TPSA) is 58.6 Å². The number of carbonyl (C=O) groups excluding carboxylic acids is 1. The van der Waals surface area contributed by atoms with Crippen molar-refractivity contribution >= 4 is 5.97 Å². The van der Waals surface area contributed by atoms with Gasteiger partial charge in [-0.25, -0.2) is 0 Å². The summed E-state index contributed by atoms with van der Waals surface area (Å²) in [5.41, 5.74) is -0.229. The predicted octanol–water partition coefficient (Wildman–Crippen LogP) is 2.01. The average Bonchev–Trinajstić information content (AvgIpc) is 2.55. The molecule has 0 radical (unpaired) electrons. The first-order valence-electron chi connectivity index (χ1n) is 7.72. The van der Waals surface area contributed by atoms with Crippen LogP contribution in [0.5, 0.6) is 0 Å². The van der Waals surface area contributed by atoms with E-state index in [1.165, 1.54) is 0 Å². The van der Waals surface area contributed by atoms with Crippen molar-refractivity contribution in [1.82, 2.24) is 5.32 Å². The summed E-state index contributed by atoms with van der Waals surface area (Å²) in [6, 6.07) is 8.75. The van der Waals surface area contributed by atoms with E-state index in [1.54, 1.807) is 6.92 Å². The number of hydrogen-bond donors (Lipinski definition) is 2. The molecular weight excluding hydrogens is 278 g/mol. The van der Waals surface area contributed by atoms with Crippen LogP contribution in [0.25, 0.3) is 0 Å². The third-order valence-corrected chi connectivity index (χ3v) is 4.16. The van der Waals surface area contributed by atoms with E-state index in [0.717, 1.165) is 24.8 Å². The number of carbonyl (C=O) groups is 1. The van der Waals surface area contributed by atoms with Crippen LogP contribution in [0.15, 0.2) is 30.3 Å². The van der Waals surface area contributed by atoms with Gasteiger partial charge in [0.25, 0.3) is 0 Å². The maximum atomic E-state index is 12.1. The fraction of sp³-hybridized carbons (Fsp3) is 0.500. The van der Waals surface area contributed by atoms with E-state index in [2.05, 4.69) is 11.2 Å². The lowest BCUT2D eigenvalue weighted by atomic mass is 9.80. The lowest BCUT2D eigenvalue weighted by Crippen LogP contribution is -2.56. The smallest absolute Gasteiger partial charge is 0.323 e. The predicted molar refractivity (Wildman–Crippen MR) is 84.9 cm³/mol. The number of ether oxygens (including phenoxy) is 1. The monoisotopic (exact) mass is 301 g/mol. The zero-order valence-electron chi connectivity index (χ0n) is 12.9. The number of hydrogen-bond acceptors (Lipinski definition) is 4. The molecular formula is C18H23NO3. The first kappa shape index (κ1) is 16.5. The molecule has 2 rings (SSSR count).